The van der Waals surface area contributed by atoms with Gasteiger partial charge in [0.2, 0.25) is 10.0 Å². The van der Waals surface area contributed by atoms with E-state index in [0.29, 0.717) is 10.7 Å². The minimum absolute atomic E-state index is 0.116. The second-order valence-electron chi connectivity index (χ2n) is 7.15. The minimum Gasteiger partial charge on any atom is -0.371 e. The molecule has 152 valence electrons. The fourth-order valence-corrected chi connectivity index (χ4v) is 4.93. The molecule has 9 heteroatoms. The van der Waals surface area contributed by atoms with E-state index in [4.69, 9.17) is 0 Å². The third-order valence-corrected chi connectivity index (χ3v) is 7.72. The smallest absolute Gasteiger partial charge is 0.261 e. The van der Waals surface area contributed by atoms with Crippen LogP contribution < -0.4 is 9.80 Å². The summed E-state index contributed by atoms with van der Waals surface area (Å²) in [6.07, 6.45) is 3.30. The van der Waals surface area contributed by atoms with Gasteiger partial charge in [-0.05, 0) is 44.4 Å². The van der Waals surface area contributed by atoms with Crippen LogP contribution in [0.25, 0.3) is 0 Å². The summed E-state index contributed by atoms with van der Waals surface area (Å²) in [5, 5.41) is 2.48. The summed E-state index contributed by atoms with van der Waals surface area (Å²) in [5.74, 6) is -0.259. The SMILES string of the molecule is Cc1csc(N(C)C(=O)c2cc(S(=O)(=O)N(C)C)ccc2N2CCCCC2)n1. The standard InChI is InChI=1S/C19H26N4O3S2/c1-14-13-27-19(20-14)22(4)18(24)16-12-15(28(25,26)21(2)3)8-9-17(16)23-10-6-5-7-11-23/h8-9,12-13H,5-7,10-11H2,1-4H3. The molecule has 0 radical (unpaired) electrons. The van der Waals surface area contributed by atoms with E-state index in [9.17, 15) is 13.2 Å². The maximum absolute atomic E-state index is 13.3. The Hall–Kier alpha value is -1.97. The molecular weight excluding hydrogens is 396 g/mol. The molecular formula is C19H26N4O3S2. The molecule has 1 saturated heterocycles. The number of carbonyl (C=O) groups is 1. The molecule has 0 spiro atoms. The van der Waals surface area contributed by atoms with E-state index in [0.717, 1.165) is 41.6 Å². The van der Waals surface area contributed by atoms with Crippen LogP contribution in [0.1, 0.15) is 35.3 Å². The van der Waals surface area contributed by atoms with Crippen LogP contribution in [0.4, 0.5) is 10.8 Å². The molecule has 1 aliphatic rings. The van der Waals surface area contributed by atoms with E-state index in [1.165, 1.54) is 42.8 Å². The van der Waals surface area contributed by atoms with Gasteiger partial charge < -0.3 is 4.90 Å². The molecule has 1 amide bonds. The van der Waals surface area contributed by atoms with Gasteiger partial charge in [-0.2, -0.15) is 0 Å². The number of rotatable bonds is 5. The van der Waals surface area contributed by atoms with Crippen LogP contribution in [0.2, 0.25) is 0 Å². The van der Waals surface area contributed by atoms with Crippen LogP contribution in [-0.2, 0) is 10.0 Å². The van der Waals surface area contributed by atoms with Crippen molar-refractivity contribution in [3.63, 3.8) is 0 Å². The van der Waals surface area contributed by atoms with Crippen molar-refractivity contribution in [3.05, 3.63) is 34.8 Å². The lowest BCUT2D eigenvalue weighted by Gasteiger charge is -2.31. The van der Waals surface area contributed by atoms with Gasteiger partial charge in [0.1, 0.15) is 0 Å². The maximum atomic E-state index is 13.3. The molecule has 2 heterocycles. The van der Waals surface area contributed by atoms with Gasteiger partial charge in [0.25, 0.3) is 5.91 Å². The number of hydrogen-bond acceptors (Lipinski definition) is 6. The van der Waals surface area contributed by atoms with Crippen LogP contribution in [0, 0.1) is 6.92 Å². The molecule has 2 aromatic rings. The van der Waals surface area contributed by atoms with Gasteiger partial charge in [-0.25, -0.2) is 17.7 Å². The van der Waals surface area contributed by atoms with Crippen LogP contribution in [0.5, 0.6) is 0 Å². The first-order valence-corrected chi connectivity index (χ1v) is 11.6. The number of aromatic nitrogens is 1. The van der Waals surface area contributed by atoms with Crippen molar-refractivity contribution in [3.8, 4) is 0 Å². The first kappa shape index (κ1) is 20.8. The van der Waals surface area contributed by atoms with Gasteiger partial charge >= 0.3 is 0 Å². The normalized spacial score (nSPS) is 15.1. The highest BCUT2D eigenvalue weighted by Gasteiger charge is 2.26. The lowest BCUT2D eigenvalue weighted by Crippen LogP contribution is -2.34. The topological polar surface area (TPSA) is 73.8 Å². The van der Waals surface area contributed by atoms with Crippen molar-refractivity contribution < 1.29 is 13.2 Å². The monoisotopic (exact) mass is 422 g/mol. The molecule has 7 nitrogen and oxygen atoms in total. The molecule has 0 aliphatic carbocycles. The van der Waals surface area contributed by atoms with E-state index < -0.39 is 10.0 Å². The van der Waals surface area contributed by atoms with Crippen molar-refractivity contribution in [1.82, 2.24) is 9.29 Å². The zero-order valence-electron chi connectivity index (χ0n) is 16.7. The van der Waals surface area contributed by atoms with E-state index in [1.54, 1.807) is 19.2 Å². The molecule has 0 atom stereocenters. The Morgan fingerprint density at radius 2 is 1.82 bits per heavy atom. The summed E-state index contributed by atoms with van der Waals surface area (Å²) in [5.41, 5.74) is 2.02. The summed E-state index contributed by atoms with van der Waals surface area (Å²) >= 11 is 1.39. The minimum atomic E-state index is -3.64. The van der Waals surface area contributed by atoms with Crippen molar-refractivity contribution in [2.24, 2.45) is 0 Å². The summed E-state index contributed by atoms with van der Waals surface area (Å²) < 4.78 is 26.4. The molecule has 0 bridgehead atoms. The second-order valence-corrected chi connectivity index (χ2v) is 10.1. The number of thiazole rings is 1. The van der Waals surface area contributed by atoms with Crippen molar-refractivity contribution >= 4 is 38.1 Å². The number of amides is 1. The van der Waals surface area contributed by atoms with Gasteiger partial charge in [-0.1, -0.05) is 0 Å². The first-order chi connectivity index (χ1) is 13.2. The summed E-state index contributed by atoms with van der Waals surface area (Å²) in [6, 6.07) is 4.85. The molecule has 1 aliphatic heterocycles. The Morgan fingerprint density at radius 3 is 2.39 bits per heavy atom. The lowest BCUT2D eigenvalue weighted by atomic mass is 10.1. The first-order valence-electron chi connectivity index (χ1n) is 9.23. The number of hydrogen-bond donors (Lipinski definition) is 0. The van der Waals surface area contributed by atoms with Gasteiger partial charge in [0, 0.05) is 45.3 Å². The highest BCUT2D eigenvalue weighted by molar-refractivity contribution is 7.89. The summed E-state index contributed by atoms with van der Waals surface area (Å²) in [4.78, 5) is 21.5. The maximum Gasteiger partial charge on any atom is 0.261 e. The number of nitrogens with zero attached hydrogens (tertiary/aromatic N) is 4. The largest absolute Gasteiger partial charge is 0.371 e. The number of benzene rings is 1. The Morgan fingerprint density at radius 1 is 1.14 bits per heavy atom. The summed E-state index contributed by atoms with van der Waals surface area (Å²) in [6.45, 7) is 3.60. The van der Waals surface area contributed by atoms with Crippen molar-refractivity contribution in [2.75, 3.05) is 44.0 Å². The van der Waals surface area contributed by atoms with E-state index in [2.05, 4.69) is 9.88 Å². The van der Waals surface area contributed by atoms with Gasteiger partial charge in [0.05, 0.1) is 16.2 Å². The van der Waals surface area contributed by atoms with E-state index in [1.807, 2.05) is 12.3 Å². The van der Waals surface area contributed by atoms with Gasteiger partial charge in [-0.15, -0.1) is 11.3 Å². The molecule has 1 aromatic heterocycles. The summed E-state index contributed by atoms with van der Waals surface area (Å²) in [7, 11) is 1.01. The second kappa shape index (κ2) is 8.18. The Labute approximate surface area is 170 Å². The Balaban J connectivity index is 2.07. The molecule has 3 rings (SSSR count). The van der Waals surface area contributed by atoms with Crippen molar-refractivity contribution in [2.45, 2.75) is 31.1 Å². The van der Waals surface area contributed by atoms with E-state index >= 15 is 0 Å². The molecule has 28 heavy (non-hydrogen) atoms. The molecule has 1 fully saturated rings. The fraction of sp³-hybridized carbons (Fsp3) is 0.474. The molecule has 1 aromatic carbocycles. The van der Waals surface area contributed by atoms with Gasteiger partial charge in [-0.3, -0.25) is 9.69 Å². The number of sulfonamides is 1. The van der Waals surface area contributed by atoms with E-state index in [-0.39, 0.29) is 10.8 Å². The third kappa shape index (κ3) is 4.06. The molecule has 0 unspecified atom stereocenters. The van der Waals surface area contributed by atoms with Crippen LogP contribution >= 0.6 is 11.3 Å². The number of anilines is 2. The third-order valence-electron chi connectivity index (χ3n) is 4.87. The van der Waals surface area contributed by atoms with Crippen LogP contribution in [0.3, 0.4) is 0 Å². The van der Waals surface area contributed by atoms with Crippen LogP contribution in [0.15, 0.2) is 28.5 Å². The quantitative estimate of drug-likeness (QED) is 0.741. The number of piperidine rings is 1. The Bertz CT molecular complexity index is 963. The highest BCUT2D eigenvalue weighted by Crippen LogP contribution is 2.30. The Kier molecular flexibility index (Phi) is 6.07. The average molecular weight is 423 g/mol. The zero-order chi connectivity index (χ0) is 20.5. The lowest BCUT2D eigenvalue weighted by molar-refractivity contribution is 0.0993. The molecule has 0 saturated carbocycles. The fourth-order valence-electron chi connectivity index (χ4n) is 3.23. The number of aryl methyl sites for hydroxylation is 1. The number of carbonyl (C=O) groups excluding carboxylic acids is 1. The highest BCUT2D eigenvalue weighted by atomic mass is 32.2. The van der Waals surface area contributed by atoms with Crippen molar-refractivity contribution in [1.29, 1.82) is 0 Å². The predicted molar refractivity (Wildman–Crippen MR) is 113 cm³/mol. The predicted octanol–water partition coefficient (Wildman–Crippen LogP) is 2.97. The zero-order valence-corrected chi connectivity index (χ0v) is 18.3. The average Bonchev–Trinajstić information content (AvgIpc) is 3.13. The van der Waals surface area contributed by atoms with Gasteiger partial charge in [0.15, 0.2) is 5.13 Å². The molecule has 0 N–H and O–H groups in total. The van der Waals surface area contributed by atoms with Crippen LogP contribution in [-0.4, -0.2) is 57.8 Å².